The summed E-state index contributed by atoms with van der Waals surface area (Å²) in [7, 11) is -4.47. The van der Waals surface area contributed by atoms with Crippen molar-refractivity contribution in [3.05, 3.63) is 94.8 Å². The van der Waals surface area contributed by atoms with Crippen molar-refractivity contribution in [2.75, 3.05) is 10.8 Å². The van der Waals surface area contributed by atoms with Gasteiger partial charge in [0.1, 0.15) is 12.4 Å². The number of sulfonamides is 1. The van der Waals surface area contributed by atoms with Crippen LogP contribution >= 0.6 is 11.6 Å². The molecule has 11 heteroatoms. The highest BCUT2D eigenvalue weighted by molar-refractivity contribution is 7.92. The van der Waals surface area contributed by atoms with E-state index >= 15 is 0 Å². The maximum absolute atomic E-state index is 13.3. The van der Waals surface area contributed by atoms with E-state index in [4.69, 9.17) is 11.6 Å². The molecule has 3 aromatic rings. The number of benzene rings is 3. The third kappa shape index (κ3) is 5.87. The van der Waals surface area contributed by atoms with Crippen molar-refractivity contribution in [2.45, 2.75) is 24.0 Å². The molecule has 0 saturated heterocycles. The largest absolute Gasteiger partial charge is 0.416 e. The Hall–Kier alpha value is -3.11. The Kier molecular flexibility index (Phi) is 7.52. The standard InChI is InChI=1S/C23H19ClF4N2O3S/c1-15(16-7-10-18(25)11-8-16)29-22(31)14-30(34(32,33)19-5-3-2-4-6-19)21-13-17(23(26,27)28)9-12-20(21)24/h2-13,15H,14H2,1H3,(H,29,31). The molecule has 1 unspecified atom stereocenters. The summed E-state index contributed by atoms with van der Waals surface area (Å²) in [6.07, 6.45) is -4.76. The molecule has 0 bridgehead atoms. The van der Waals surface area contributed by atoms with Crippen LogP contribution in [0.2, 0.25) is 5.02 Å². The summed E-state index contributed by atoms with van der Waals surface area (Å²) in [5.74, 6) is -1.27. The number of hydrogen-bond acceptors (Lipinski definition) is 3. The van der Waals surface area contributed by atoms with E-state index in [-0.39, 0.29) is 9.92 Å². The van der Waals surface area contributed by atoms with Crippen molar-refractivity contribution in [1.29, 1.82) is 0 Å². The number of halogens is 5. The molecule has 5 nitrogen and oxygen atoms in total. The molecule has 1 N–H and O–H groups in total. The van der Waals surface area contributed by atoms with E-state index in [0.717, 1.165) is 12.1 Å². The van der Waals surface area contributed by atoms with Gasteiger partial charge in [-0.15, -0.1) is 0 Å². The first-order valence-corrected chi connectivity index (χ1v) is 11.7. The summed E-state index contributed by atoms with van der Waals surface area (Å²) in [5.41, 5.74) is -1.07. The number of amides is 1. The summed E-state index contributed by atoms with van der Waals surface area (Å²) >= 11 is 6.09. The van der Waals surface area contributed by atoms with Gasteiger partial charge in [0.05, 0.1) is 27.2 Å². The molecular weight excluding hydrogens is 496 g/mol. The van der Waals surface area contributed by atoms with Crippen LogP contribution in [0.1, 0.15) is 24.1 Å². The van der Waals surface area contributed by atoms with Crippen LogP contribution in [0.25, 0.3) is 0 Å². The van der Waals surface area contributed by atoms with E-state index in [2.05, 4.69) is 5.32 Å². The second-order valence-corrected chi connectivity index (χ2v) is 9.60. The van der Waals surface area contributed by atoms with Crippen LogP contribution in [0.3, 0.4) is 0 Å². The highest BCUT2D eigenvalue weighted by Gasteiger charge is 2.34. The van der Waals surface area contributed by atoms with Gasteiger partial charge in [0.25, 0.3) is 10.0 Å². The normalized spacial score (nSPS) is 12.8. The lowest BCUT2D eigenvalue weighted by atomic mass is 10.1. The van der Waals surface area contributed by atoms with Crippen LogP contribution in [0.5, 0.6) is 0 Å². The number of rotatable bonds is 7. The number of nitrogens with one attached hydrogen (secondary N) is 1. The van der Waals surface area contributed by atoms with Gasteiger partial charge >= 0.3 is 6.18 Å². The fourth-order valence-corrected chi connectivity index (χ4v) is 4.87. The Morgan fingerprint density at radius 3 is 2.24 bits per heavy atom. The van der Waals surface area contributed by atoms with Gasteiger partial charge in [-0.3, -0.25) is 9.10 Å². The molecule has 0 radical (unpaired) electrons. The van der Waals surface area contributed by atoms with Crippen LogP contribution in [-0.4, -0.2) is 20.9 Å². The molecular formula is C23H19ClF4N2O3S. The summed E-state index contributed by atoms with van der Waals surface area (Å²) < 4.78 is 80.3. The molecule has 3 rings (SSSR count). The average Bonchev–Trinajstić information content (AvgIpc) is 2.78. The molecule has 3 aromatic carbocycles. The lowest BCUT2D eigenvalue weighted by molar-refractivity contribution is -0.137. The fraction of sp³-hybridized carbons (Fsp3) is 0.174. The first-order chi connectivity index (χ1) is 15.9. The SMILES string of the molecule is CC(NC(=O)CN(c1cc(C(F)(F)F)ccc1Cl)S(=O)(=O)c1ccccc1)c1ccc(F)cc1. The first-order valence-electron chi connectivity index (χ1n) is 9.89. The van der Waals surface area contributed by atoms with Crippen molar-refractivity contribution in [1.82, 2.24) is 5.32 Å². The molecule has 0 fully saturated rings. The van der Waals surface area contributed by atoms with Crippen molar-refractivity contribution in [3.63, 3.8) is 0 Å². The van der Waals surface area contributed by atoms with Crippen molar-refractivity contribution >= 4 is 33.2 Å². The van der Waals surface area contributed by atoms with Crippen molar-refractivity contribution in [3.8, 4) is 0 Å². The Balaban J connectivity index is 1.99. The highest BCUT2D eigenvalue weighted by Crippen LogP contribution is 2.37. The van der Waals surface area contributed by atoms with Crippen LogP contribution in [0, 0.1) is 5.82 Å². The summed E-state index contributed by atoms with van der Waals surface area (Å²) in [4.78, 5) is 12.6. The second kappa shape index (κ2) is 10.0. The molecule has 1 atom stereocenters. The van der Waals surface area contributed by atoms with E-state index < -0.39 is 51.8 Å². The minimum absolute atomic E-state index is 0.233. The number of anilines is 1. The minimum atomic E-state index is -4.76. The molecule has 0 spiro atoms. The molecule has 0 aromatic heterocycles. The average molecular weight is 515 g/mol. The van der Waals surface area contributed by atoms with Gasteiger partial charge in [-0.05, 0) is 55.0 Å². The van der Waals surface area contributed by atoms with Gasteiger partial charge in [-0.1, -0.05) is 41.9 Å². The smallest absolute Gasteiger partial charge is 0.348 e. The zero-order valence-electron chi connectivity index (χ0n) is 17.7. The van der Waals surface area contributed by atoms with Crippen LogP contribution in [-0.2, 0) is 21.0 Å². The zero-order valence-corrected chi connectivity index (χ0v) is 19.3. The molecule has 0 aliphatic rings. The molecule has 34 heavy (non-hydrogen) atoms. The Labute approximate surface area is 199 Å². The fourth-order valence-electron chi connectivity index (χ4n) is 3.15. The maximum atomic E-state index is 13.3. The Bertz CT molecular complexity index is 1270. The topological polar surface area (TPSA) is 66.5 Å². The van der Waals surface area contributed by atoms with Crippen LogP contribution < -0.4 is 9.62 Å². The molecule has 0 heterocycles. The van der Waals surface area contributed by atoms with Crippen LogP contribution in [0.4, 0.5) is 23.2 Å². The summed E-state index contributed by atoms with van der Waals surface area (Å²) in [5, 5.41) is 2.29. The van der Waals surface area contributed by atoms with Gasteiger partial charge in [0, 0.05) is 0 Å². The summed E-state index contributed by atoms with van der Waals surface area (Å²) in [6.45, 7) is 0.752. The van der Waals surface area contributed by atoms with Gasteiger partial charge < -0.3 is 5.32 Å². The van der Waals surface area contributed by atoms with Crippen molar-refractivity contribution in [2.24, 2.45) is 0 Å². The minimum Gasteiger partial charge on any atom is -0.348 e. The maximum Gasteiger partial charge on any atom is 0.416 e. The van der Waals surface area contributed by atoms with Gasteiger partial charge in [0.2, 0.25) is 5.91 Å². The van der Waals surface area contributed by atoms with E-state index in [1.54, 1.807) is 13.0 Å². The quantitative estimate of drug-likeness (QED) is 0.419. The lowest BCUT2D eigenvalue weighted by Gasteiger charge is -2.26. The van der Waals surface area contributed by atoms with Crippen molar-refractivity contribution < 1.29 is 30.8 Å². The predicted octanol–water partition coefficient (Wildman–Crippen LogP) is 5.57. The molecule has 0 aliphatic carbocycles. The third-order valence-electron chi connectivity index (χ3n) is 4.91. The lowest BCUT2D eigenvalue weighted by Crippen LogP contribution is -2.41. The number of alkyl halides is 3. The van der Waals surface area contributed by atoms with Crippen LogP contribution in [0.15, 0.2) is 77.7 Å². The number of carbonyl (C=O) groups is 1. The Morgan fingerprint density at radius 2 is 1.65 bits per heavy atom. The third-order valence-corrected chi connectivity index (χ3v) is 7.00. The van der Waals surface area contributed by atoms with Gasteiger partial charge in [-0.25, -0.2) is 12.8 Å². The second-order valence-electron chi connectivity index (χ2n) is 7.33. The zero-order chi connectivity index (χ0) is 25.1. The number of nitrogens with zero attached hydrogens (tertiary/aromatic N) is 1. The van der Waals surface area contributed by atoms with E-state index in [1.165, 1.54) is 48.5 Å². The van der Waals surface area contributed by atoms with Gasteiger partial charge in [0.15, 0.2) is 0 Å². The molecule has 180 valence electrons. The van der Waals surface area contributed by atoms with E-state index in [1.807, 2.05) is 0 Å². The monoisotopic (exact) mass is 514 g/mol. The predicted molar refractivity (Wildman–Crippen MR) is 120 cm³/mol. The van der Waals surface area contributed by atoms with Gasteiger partial charge in [-0.2, -0.15) is 13.2 Å². The molecule has 0 saturated carbocycles. The van der Waals surface area contributed by atoms with E-state index in [9.17, 15) is 30.8 Å². The highest BCUT2D eigenvalue weighted by atomic mass is 35.5. The number of carbonyl (C=O) groups excluding carboxylic acids is 1. The number of hydrogen-bond donors (Lipinski definition) is 1. The Morgan fingerprint density at radius 1 is 1.03 bits per heavy atom. The molecule has 0 aliphatic heterocycles. The van der Waals surface area contributed by atoms with E-state index in [0.29, 0.717) is 15.9 Å². The first kappa shape index (κ1) is 25.5. The summed E-state index contributed by atoms with van der Waals surface area (Å²) in [6, 6.07) is 13.8. The molecule has 1 amide bonds.